The lowest BCUT2D eigenvalue weighted by Gasteiger charge is -2.12. The maximum Gasteiger partial charge on any atom is 0.255 e. The summed E-state index contributed by atoms with van der Waals surface area (Å²) in [4.78, 5) is 16.6. The Labute approximate surface area is 150 Å². The summed E-state index contributed by atoms with van der Waals surface area (Å²) in [6.45, 7) is 0. The van der Waals surface area contributed by atoms with E-state index in [2.05, 4.69) is 4.98 Å². The van der Waals surface area contributed by atoms with E-state index in [9.17, 15) is 9.18 Å². The lowest BCUT2D eigenvalue weighted by atomic mass is 9.99. The average molecular weight is 342 g/mol. The molecule has 0 aliphatic rings. The van der Waals surface area contributed by atoms with E-state index in [-0.39, 0.29) is 11.4 Å². The molecule has 0 radical (unpaired) electrons. The second-order valence-electron chi connectivity index (χ2n) is 5.87. The fraction of sp³-hybridized carbons (Fsp3) is 0. The van der Waals surface area contributed by atoms with Crippen LogP contribution in [0.5, 0.6) is 0 Å². The molecule has 4 aromatic rings. The van der Waals surface area contributed by atoms with Crippen LogP contribution in [0.25, 0.3) is 28.1 Å². The van der Waals surface area contributed by atoms with Gasteiger partial charge in [0.2, 0.25) is 0 Å². The minimum absolute atomic E-state index is 0.148. The molecule has 0 unspecified atom stereocenters. The number of rotatable bonds is 3. The molecule has 0 bridgehead atoms. The van der Waals surface area contributed by atoms with E-state index < -0.39 is 0 Å². The molecule has 0 aliphatic carbocycles. The highest BCUT2D eigenvalue weighted by atomic mass is 19.1. The minimum atomic E-state index is -0.308. The van der Waals surface area contributed by atoms with Crippen molar-refractivity contribution in [1.29, 1.82) is 0 Å². The van der Waals surface area contributed by atoms with Gasteiger partial charge in [0.25, 0.3) is 5.56 Å². The molecule has 2 aromatic heterocycles. The maximum absolute atomic E-state index is 14.3. The fourth-order valence-electron chi connectivity index (χ4n) is 2.92. The van der Waals surface area contributed by atoms with Crippen LogP contribution in [0.4, 0.5) is 4.39 Å². The van der Waals surface area contributed by atoms with Gasteiger partial charge in [-0.15, -0.1) is 0 Å². The van der Waals surface area contributed by atoms with Crippen LogP contribution >= 0.6 is 0 Å². The molecular formula is C22H15FN2O. The van der Waals surface area contributed by atoms with Gasteiger partial charge in [0.1, 0.15) is 5.82 Å². The molecule has 2 heterocycles. The second-order valence-corrected chi connectivity index (χ2v) is 5.87. The molecule has 0 spiro atoms. The highest BCUT2D eigenvalue weighted by molar-refractivity contribution is 5.75. The van der Waals surface area contributed by atoms with Crippen molar-refractivity contribution in [3.63, 3.8) is 0 Å². The van der Waals surface area contributed by atoms with Crippen molar-refractivity contribution in [3.8, 4) is 28.1 Å². The Kier molecular flexibility index (Phi) is 4.15. The molecule has 0 amide bonds. The topological polar surface area (TPSA) is 34.9 Å². The van der Waals surface area contributed by atoms with Crippen LogP contribution in [0.3, 0.4) is 0 Å². The quantitative estimate of drug-likeness (QED) is 0.541. The summed E-state index contributed by atoms with van der Waals surface area (Å²) in [7, 11) is 0. The molecule has 2 aromatic carbocycles. The standard InChI is InChI=1S/C22H15FN2O/c23-20-8-2-1-7-19(20)16-13-17(21-9-3-5-11-24-21)15-18(14-16)25-12-6-4-10-22(25)26/h1-15H. The molecule has 0 saturated heterocycles. The monoisotopic (exact) mass is 342 g/mol. The van der Waals surface area contributed by atoms with Crippen LogP contribution in [0.1, 0.15) is 0 Å². The van der Waals surface area contributed by atoms with Crippen LogP contribution in [0.15, 0.2) is 96.1 Å². The van der Waals surface area contributed by atoms with Crippen LogP contribution in [0.2, 0.25) is 0 Å². The summed E-state index contributed by atoms with van der Waals surface area (Å²) < 4.78 is 15.9. The molecule has 26 heavy (non-hydrogen) atoms. The molecule has 0 aliphatic heterocycles. The van der Waals surface area contributed by atoms with Crippen LogP contribution in [0, 0.1) is 5.82 Å². The van der Waals surface area contributed by atoms with Crippen LogP contribution < -0.4 is 5.56 Å². The Morgan fingerprint density at radius 2 is 1.58 bits per heavy atom. The van der Waals surface area contributed by atoms with Crippen LogP contribution in [-0.2, 0) is 0 Å². The molecule has 0 fully saturated rings. The highest BCUT2D eigenvalue weighted by Gasteiger charge is 2.10. The first-order valence-corrected chi connectivity index (χ1v) is 8.22. The molecule has 0 N–H and O–H groups in total. The van der Waals surface area contributed by atoms with Gasteiger partial charge in [-0.05, 0) is 48.0 Å². The molecule has 3 nitrogen and oxygen atoms in total. The van der Waals surface area contributed by atoms with Crippen LogP contribution in [-0.4, -0.2) is 9.55 Å². The van der Waals surface area contributed by atoms with Crippen molar-refractivity contribution >= 4 is 0 Å². The smallest absolute Gasteiger partial charge is 0.255 e. The number of hydrogen-bond acceptors (Lipinski definition) is 2. The number of nitrogens with zero attached hydrogens (tertiary/aromatic N) is 2. The summed E-state index contributed by atoms with van der Waals surface area (Å²) in [5, 5.41) is 0. The zero-order valence-corrected chi connectivity index (χ0v) is 13.8. The molecule has 126 valence electrons. The van der Waals surface area contributed by atoms with Crippen molar-refractivity contribution in [2.24, 2.45) is 0 Å². The largest absolute Gasteiger partial charge is 0.284 e. The lowest BCUT2D eigenvalue weighted by molar-refractivity contribution is 0.631. The normalized spacial score (nSPS) is 10.7. The summed E-state index contributed by atoms with van der Waals surface area (Å²) in [6, 6.07) is 22.8. The van der Waals surface area contributed by atoms with Crippen molar-refractivity contribution in [2.45, 2.75) is 0 Å². The Bertz CT molecular complexity index is 1120. The predicted molar refractivity (Wildman–Crippen MR) is 101 cm³/mol. The number of halogens is 1. The third kappa shape index (κ3) is 3.05. The van der Waals surface area contributed by atoms with Gasteiger partial charge in [0.05, 0.1) is 5.69 Å². The molecule has 4 heteroatoms. The minimum Gasteiger partial charge on any atom is -0.284 e. The fourth-order valence-corrected chi connectivity index (χ4v) is 2.92. The van der Waals surface area contributed by atoms with Crippen molar-refractivity contribution in [2.75, 3.05) is 0 Å². The Hall–Kier alpha value is -3.53. The zero-order valence-electron chi connectivity index (χ0n) is 13.8. The summed E-state index contributed by atoms with van der Waals surface area (Å²) in [5.74, 6) is -0.308. The molecule has 4 rings (SSSR count). The van der Waals surface area contributed by atoms with E-state index in [1.807, 2.05) is 36.4 Å². The number of hydrogen-bond donors (Lipinski definition) is 0. The van der Waals surface area contributed by atoms with Gasteiger partial charge in [-0.25, -0.2) is 4.39 Å². The summed E-state index contributed by atoms with van der Waals surface area (Å²) >= 11 is 0. The van der Waals surface area contributed by atoms with Gasteiger partial charge in [0, 0.05) is 35.3 Å². The Morgan fingerprint density at radius 3 is 2.35 bits per heavy atom. The van der Waals surface area contributed by atoms with Gasteiger partial charge in [0.15, 0.2) is 0 Å². The summed E-state index contributed by atoms with van der Waals surface area (Å²) in [5.41, 5.74) is 3.27. The first-order chi connectivity index (χ1) is 12.7. The third-order valence-electron chi connectivity index (χ3n) is 4.16. The average Bonchev–Trinajstić information content (AvgIpc) is 2.69. The second kappa shape index (κ2) is 6.76. The number of pyridine rings is 2. The highest BCUT2D eigenvalue weighted by Crippen LogP contribution is 2.30. The number of aromatic nitrogens is 2. The van der Waals surface area contributed by atoms with Gasteiger partial charge in [-0.2, -0.15) is 0 Å². The van der Waals surface area contributed by atoms with Crippen molar-refractivity contribution in [3.05, 3.63) is 107 Å². The van der Waals surface area contributed by atoms with E-state index in [0.29, 0.717) is 16.8 Å². The first kappa shape index (κ1) is 16.0. The Balaban J connectivity index is 1.98. The van der Waals surface area contributed by atoms with E-state index in [4.69, 9.17) is 0 Å². The van der Waals surface area contributed by atoms with Gasteiger partial charge < -0.3 is 0 Å². The van der Waals surface area contributed by atoms with E-state index >= 15 is 0 Å². The molecular weight excluding hydrogens is 327 g/mol. The van der Waals surface area contributed by atoms with Crippen molar-refractivity contribution in [1.82, 2.24) is 9.55 Å². The van der Waals surface area contributed by atoms with E-state index in [0.717, 1.165) is 11.3 Å². The maximum atomic E-state index is 14.3. The van der Waals surface area contributed by atoms with E-state index in [1.54, 1.807) is 42.7 Å². The van der Waals surface area contributed by atoms with E-state index in [1.165, 1.54) is 16.7 Å². The molecule has 0 saturated carbocycles. The lowest BCUT2D eigenvalue weighted by Crippen LogP contribution is -2.15. The van der Waals surface area contributed by atoms with Gasteiger partial charge in [-0.3, -0.25) is 14.3 Å². The summed E-state index contributed by atoms with van der Waals surface area (Å²) in [6.07, 6.45) is 3.41. The first-order valence-electron chi connectivity index (χ1n) is 8.22. The number of benzene rings is 2. The van der Waals surface area contributed by atoms with Gasteiger partial charge in [-0.1, -0.05) is 30.3 Å². The Morgan fingerprint density at radius 1 is 0.808 bits per heavy atom. The predicted octanol–water partition coefficient (Wildman–Crippen LogP) is 4.71. The zero-order chi connectivity index (χ0) is 17.9. The van der Waals surface area contributed by atoms with Crippen molar-refractivity contribution < 1.29 is 4.39 Å². The van der Waals surface area contributed by atoms with Gasteiger partial charge >= 0.3 is 0 Å². The third-order valence-corrected chi connectivity index (χ3v) is 4.16. The SMILES string of the molecule is O=c1ccccn1-c1cc(-c2ccccn2)cc(-c2ccccc2F)c1. The molecule has 0 atom stereocenters.